The summed E-state index contributed by atoms with van der Waals surface area (Å²) in [5.74, 6) is -0.169. The largest absolute Gasteiger partial charge is 0.510 e. The van der Waals surface area contributed by atoms with E-state index in [1.54, 1.807) is 13.8 Å². The van der Waals surface area contributed by atoms with Crippen LogP contribution >= 0.6 is 15.5 Å². The molecule has 0 aliphatic carbocycles. The lowest BCUT2D eigenvalue weighted by molar-refractivity contribution is -0.0496. The summed E-state index contributed by atoms with van der Waals surface area (Å²) in [4.78, 5) is 20.2. The summed E-state index contributed by atoms with van der Waals surface area (Å²) in [6.07, 6.45) is -3.25. The average Bonchev–Trinajstić information content (AvgIpc) is 2.81. The van der Waals surface area contributed by atoms with Crippen molar-refractivity contribution in [2.75, 3.05) is 13.2 Å². The number of rotatable bonds is 0. The lowest BCUT2D eigenvalue weighted by Crippen LogP contribution is -2.49. The molecule has 2 fully saturated rings. The van der Waals surface area contributed by atoms with Crippen LogP contribution in [-0.2, 0) is 27.7 Å². The van der Waals surface area contributed by atoms with Crippen LogP contribution in [0.25, 0.3) is 0 Å². The molecule has 6 N–H and O–H groups in total. The van der Waals surface area contributed by atoms with Crippen molar-refractivity contribution in [2.24, 2.45) is 0 Å². The second kappa shape index (κ2) is 7.81. The zero-order chi connectivity index (χ0) is 20.0. The second-order valence-corrected chi connectivity index (χ2v) is 9.84. The number of hydrogen-bond donors (Lipinski definition) is 6. The molecule has 0 aromatic heterocycles. The van der Waals surface area contributed by atoms with E-state index in [-0.39, 0.29) is 5.76 Å². The lowest BCUT2D eigenvalue weighted by Gasteiger charge is -2.35. The van der Waals surface area contributed by atoms with Crippen molar-refractivity contribution < 1.29 is 47.7 Å². The molecule has 0 spiro atoms. The van der Waals surface area contributed by atoms with Crippen molar-refractivity contribution in [2.45, 2.75) is 56.5 Å². The van der Waals surface area contributed by atoms with Crippen LogP contribution in [0.3, 0.4) is 0 Å². The molecule has 3 aliphatic heterocycles. The van der Waals surface area contributed by atoms with Crippen molar-refractivity contribution in [3.05, 3.63) is 11.8 Å². The summed E-state index contributed by atoms with van der Waals surface area (Å²) >= 11 is 0. The Hall–Kier alpha value is -0.360. The molecule has 0 aromatic carbocycles. The standard InChI is InChI=1S/C13H24N2O10P2/c1-6-9(16)3-8-10(24-6)4-22-27(20,21)15-12-11(25-7(2)13(12)17)5-23-26(18,19)14-8/h3,6-8,10-13,16-17H,4-5H2,1-2H3,(H2,14,18,19)(H2,15,20,21)/t6?,7?,8?,10-,11-,12?,13+/m1/s1. The Morgan fingerprint density at radius 2 is 1.63 bits per heavy atom. The van der Waals surface area contributed by atoms with Gasteiger partial charge in [0.15, 0.2) is 0 Å². The quantitative estimate of drug-likeness (QED) is 0.273. The predicted octanol–water partition coefficient (Wildman–Crippen LogP) is -0.472. The van der Waals surface area contributed by atoms with Crippen LogP contribution in [0.15, 0.2) is 11.8 Å². The van der Waals surface area contributed by atoms with Gasteiger partial charge in [0, 0.05) is 0 Å². The maximum absolute atomic E-state index is 12.4. The van der Waals surface area contributed by atoms with Gasteiger partial charge in [-0.2, -0.15) is 0 Å². The van der Waals surface area contributed by atoms with E-state index in [2.05, 4.69) is 10.2 Å². The minimum atomic E-state index is -4.37. The zero-order valence-corrected chi connectivity index (χ0v) is 16.5. The van der Waals surface area contributed by atoms with Crippen molar-refractivity contribution in [1.82, 2.24) is 10.2 Å². The van der Waals surface area contributed by atoms with Gasteiger partial charge in [0.05, 0.1) is 37.5 Å². The summed E-state index contributed by atoms with van der Waals surface area (Å²) in [5, 5.41) is 24.7. The Morgan fingerprint density at radius 1 is 1.04 bits per heavy atom. The van der Waals surface area contributed by atoms with Gasteiger partial charge in [0.25, 0.3) is 0 Å². The first kappa shape index (κ1) is 21.4. The first-order valence-corrected chi connectivity index (χ1v) is 11.5. The summed E-state index contributed by atoms with van der Waals surface area (Å²) in [5.41, 5.74) is 0. The second-order valence-electron chi connectivity index (χ2n) is 6.72. The number of fused-ring (bicyclic) bond motifs is 2. The number of aliphatic hydroxyl groups excluding tert-OH is 2. The van der Waals surface area contributed by atoms with Gasteiger partial charge >= 0.3 is 15.5 Å². The van der Waals surface area contributed by atoms with Crippen LogP contribution in [0.5, 0.6) is 0 Å². The van der Waals surface area contributed by atoms with Gasteiger partial charge in [0.1, 0.15) is 24.1 Å². The van der Waals surface area contributed by atoms with Gasteiger partial charge in [-0.15, -0.1) is 0 Å². The summed E-state index contributed by atoms with van der Waals surface area (Å²) in [6.45, 7) is 2.22. The minimum absolute atomic E-state index is 0.169. The summed E-state index contributed by atoms with van der Waals surface area (Å²) < 4.78 is 45.8. The molecule has 0 radical (unpaired) electrons. The van der Waals surface area contributed by atoms with Crippen molar-refractivity contribution in [1.29, 1.82) is 0 Å². The Kier molecular flexibility index (Phi) is 6.18. The first-order chi connectivity index (χ1) is 12.5. The predicted molar refractivity (Wildman–Crippen MR) is 90.8 cm³/mol. The maximum Gasteiger partial charge on any atom is 0.403 e. The minimum Gasteiger partial charge on any atom is -0.510 e. The summed E-state index contributed by atoms with van der Waals surface area (Å²) in [6, 6.07) is -2.07. The first-order valence-electron chi connectivity index (χ1n) is 8.37. The molecule has 156 valence electrons. The molecule has 0 amide bonds. The van der Waals surface area contributed by atoms with Crippen LogP contribution in [-0.4, -0.2) is 75.8 Å². The van der Waals surface area contributed by atoms with E-state index < -0.39 is 71.3 Å². The fourth-order valence-electron chi connectivity index (χ4n) is 3.16. The summed E-state index contributed by atoms with van der Waals surface area (Å²) in [7, 11) is -8.73. The van der Waals surface area contributed by atoms with E-state index in [4.69, 9.17) is 18.5 Å². The van der Waals surface area contributed by atoms with Gasteiger partial charge < -0.3 is 29.5 Å². The fraction of sp³-hybridized carbons (Fsp3) is 0.846. The highest BCUT2D eigenvalue weighted by Gasteiger charge is 2.47. The molecule has 3 aliphatic rings. The van der Waals surface area contributed by atoms with E-state index in [1.165, 1.54) is 6.08 Å². The Morgan fingerprint density at radius 3 is 2.30 bits per heavy atom. The molecule has 12 nitrogen and oxygen atoms in total. The van der Waals surface area contributed by atoms with Gasteiger partial charge in [-0.1, -0.05) is 0 Å². The molecule has 0 bridgehead atoms. The molecule has 14 heteroatoms. The third-order valence-corrected chi connectivity index (χ3v) is 6.88. The number of nitrogens with one attached hydrogen (secondary N) is 2. The van der Waals surface area contributed by atoms with E-state index >= 15 is 0 Å². The van der Waals surface area contributed by atoms with Gasteiger partial charge in [-0.3, -0.25) is 9.05 Å². The molecule has 6 unspecified atom stereocenters. The maximum atomic E-state index is 12.4. The highest BCUT2D eigenvalue weighted by Crippen LogP contribution is 2.44. The third-order valence-electron chi connectivity index (χ3n) is 4.64. The molecule has 0 saturated carbocycles. The molecule has 3 rings (SSSR count). The van der Waals surface area contributed by atoms with Crippen LogP contribution < -0.4 is 10.2 Å². The number of hydrogen-bond acceptors (Lipinski definition) is 8. The van der Waals surface area contributed by atoms with E-state index in [0.717, 1.165) is 0 Å². The fourth-order valence-corrected chi connectivity index (χ4v) is 5.32. The van der Waals surface area contributed by atoms with Gasteiger partial charge in [-0.25, -0.2) is 19.3 Å². The van der Waals surface area contributed by atoms with E-state index in [0.29, 0.717) is 0 Å². The third kappa shape index (κ3) is 4.98. The van der Waals surface area contributed by atoms with Crippen LogP contribution in [0.4, 0.5) is 0 Å². The number of aliphatic hydroxyl groups is 2. The lowest BCUT2D eigenvalue weighted by atomic mass is 10.1. The van der Waals surface area contributed by atoms with Crippen molar-refractivity contribution in [3.63, 3.8) is 0 Å². The Bertz CT molecular complexity index is 690. The van der Waals surface area contributed by atoms with Crippen LogP contribution in [0.2, 0.25) is 0 Å². The molecule has 2 saturated heterocycles. The van der Waals surface area contributed by atoms with Crippen LogP contribution in [0, 0.1) is 0 Å². The topological polar surface area (TPSA) is 176 Å². The highest BCUT2D eigenvalue weighted by atomic mass is 31.2. The molecular formula is C13H24N2O10P2. The number of ether oxygens (including phenoxy) is 2. The smallest absolute Gasteiger partial charge is 0.403 e. The van der Waals surface area contributed by atoms with E-state index in [9.17, 15) is 29.1 Å². The highest BCUT2D eigenvalue weighted by molar-refractivity contribution is 7.50. The molecule has 27 heavy (non-hydrogen) atoms. The normalized spacial score (nSPS) is 52.0. The SMILES string of the molecule is CC1O[C@@H]2COP(=O)(O)NC3[C@@H](O)C(C)O[C@@H]3COP(=O)(O)NC2C=C1O. The van der Waals surface area contributed by atoms with Crippen molar-refractivity contribution >= 4 is 15.5 Å². The molecule has 9 atom stereocenters. The molecule has 3 heterocycles. The van der Waals surface area contributed by atoms with Crippen LogP contribution in [0.1, 0.15) is 13.8 Å². The molecular weight excluding hydrogens is 406 g/mol. The van der Waals surface area contributed by atoms with Crippen molar-refractivity contribution in [3.8, 4) is 0 Å². The Labute approximate surface area is 155 Å². The van der Waals surface area contributed by atoms with E-state index in [1.807, 2.05) is 0 Å². The average molecular weight is 430 g/mol. The Balaban J connectivity index is 1.87. The van der Waals surface area contributed by atoms with Gasteiger partial charge in [0.2, 0.25) is 0 Å². The monoisotopic (exact) mass is 430 g/mol. The zero-order valence-electron chi connectivity index (χ0n) is 14.7. The van der Waals surface area contributed by atoms with Gasteiger partial charge in [-0.05, 0) is 19.9 Å². The molecule has 0 aromatic rings.